The lowest BCUT2D eigenvalue weighted by Gasteiger charge is -1.79. The Balaban J connectivity index is -0.0000000158. The molecule has 0 heteroatoms. The summed E-state index contributed by atoms with van der Waals surface area (Å²) >= 11 is 0. The first-order valence-corrected chi connectivity index (χ1v) is 11.3. The molecule has 0 aromatic rings. The van der Waals surface area contributed by atoms with Gasteiger partial charge in [-0.15, -0.1) is 13.2 Å². The molecule has 0 aliphatic rings. The first-order chi connectivity index (χ1) is 11.8. The van der Waals surface area contributed by atoms with Crippen LogP contribution in [-0.2, 0) is 0 Å². The molecule has 0 aromatic carbocycles. The molecule has 0 aliphatic carbocycles. The fourth-order valence-corrected chi connectivity index (χ4v) is 0.707. The predicted molar refractivity (Wildman–Crippen MR) is 130 cm³/mol. The summed E-state index contributed by atoms with van der Waals surface area (Å²) in [5.74, 6) is 0. The Morgan fingerprint density at radius 2 is 0.417 bits per heavy atom. The summed E-state index contributed by atoms with van der Waals surface area (Å²) < 4.78 is 0. The molecule has 0 nitrogen and oxygen atoms in total. The lowest BCUT2D eigenvalue weighted by Crippen LogP contribution is -1.59. The van der Waals surface area contributed by atoms with Crippen LogP contribution in [0.2, 0.25) is 0 Å². The highest BCUT2D eigenvalue weighted by Gasteiger charge is 1.68. The van der Waals surface area contributed by atoms with Gasteiger partial charge in [-0.1, -0.05) is 149 Å². The van der Waals surface area contributed by atoms with Crippen molar-refractivity contribution in [3.05, 3.63) is 13.2 Å². The predicted octanol–water partition coefficient (Wildman–Crippen LogP) is 11.4. The van der Waals surface area contributed by atoms with Gasteiger partial charge in [0.25, 0.3) is 0 Å². The quantitative estimate of drug-likeness (QED) is 0.441. The van der Waals surface area contributed by atoms with E-state index in [-0.39, 0.29) is 0 Å². The van der Waals surface area contributed by atoms with E-state index in [0.29, 0.717) is 0 Å². The van der Waals surface area contributed by atoms with Crippen molar-refractivity contribution < 1.29 is 0 Å². The summed E-state index contributed by atoms with van der Waals surface area (Å²) in [4.78, 5) is 0. The summed E-state index contributed by atoms with van der Waals surface area (Å²) in [5, 5.41) is 0. The molecule has 0 spiro atoms. The lowest BCUT2D eigenvalue weighted by atomic mass is 10.3. The van der Waals surface area contributed by atoms with E-state index in [2.05, 4.69) is 40.9 Å². The molecule has 0 saturated heterocycles. The lowest BCUT2D eigenvalue weighted by molar-refractivity contribution is 0.772. The van der Waals surface area contributed by atoms with Gasteiger partial charge < -0.3 is 0 Å². The third kappa shape index (κ3) is 669. The van der Waals surface area contributed by atoms with Crippen molar-refractivity contribution in [3.8, 4) is 0 Å². The van der Waals surface area contributed by atoms with E-state index in [9.17, 15) is 0 Å². The Bertz CT molecular complexity index is 29.3. The maximum absolute atomic E-state index is 3.00. The Labute approximate surface area is 162 Å². The Hall–Kier alpha value is -0.260. The van der Waals surface area contributed by atoms with Crippen LogP contribution in [0.25, 0.3) is 0 Å². The van der Waals surface area contributed by atoms with Crippen molar-refractivity contribution >= 4 is 0 Å². The molecule has 0 saturated carbocycles. The van der Waals surface area contributed by atoms with E-state index in [4.69, 9.17) is 0 Å². The highest BCUT2D eigenvalue weighted by atomic mass is 13.7. The molecule has 160 valence electrons. The van der Waals surface area contributed by atoms with Crippen molar-refractivity contribution in [2.75, 3.05) is 0 Å². The van der Waals surface area contributed by atoms with Crippen LogP contribution in [-0.4, -0.2) is 0 Å². The number of rotatable bonds is 4. The molecule has 0 N–H and O–H groups in total. The maximum atomic E-state index is 3.00. The molecule has 0 rings (SSSR count). The Kier molecular flexibility index (Phi) is 768. The minimum absolute atomic E-state index is 1.34. The van der Waals surface area contributed by atoms with E-state index in [1.165, 1.54) is 38.5 Å². The molecular formula is C24H64. The molecule has 0 atom stereocenters. The monoisotopic (exact) mass is 353 g/mol. The zero-order valence-corrected chi connectivity index (χ0v) is 21.7. The van der Waals surface area contributed by atoms with Crippen LogP contribution >= 0.6 is 0 Å². The number of unbranched alkanes of at least 4 members (excludes halogenated alkanes) is 4. The first-order valence-electron chi connectivity index (χ1n) is 11.3. The van der Waals surface area contributed by atoms with Crippen molar-refractivity contribution in [2.45, 2.75) is 149 Å². The minimum Gasteiger partial charge on any atom is -0.106 e. The van der Waals surface area contributed by atoms with Gasteiger partial charge in [-0.2, -0.15) is 0 Å². The van der Waals surface area contributed by atoms with E-state index in [1.54, 1.807) is 0 Å². The third-order valence-electron chi connectivity index (χ3n) is 1.41. The molecule has 0 aromatic heterocycles. The van der Waals surface area contributed by atoms with Gasteiger partial charge in [-0.3, -0.25) is 0 Å². The Morgan fingerprint density at radius 3 is 0.417 bits per heavy atom. The average molecular weight is 353 g/mol. The molecule has 24 heavy (non-hydrogen) atoms. The van der Waals surface area contributed by atoms with Crippen molar-refractivity contribution in [2.24, 2.45) is 0 Å². The summed E-state index contributed by atoms with van der Waals surface area (Å²) in [6.07, 6.45) is 8.15. The molecule has 0 unspecified atom stereocenters. The molecular weight excluding hydrogens is 288 g/mol. The van der Waals surface area contributed by atoms with Crippen molar-refractivity contribution in [1.82, 2.24) is 0 Å². The highest BCUT2D eigenvalue weighted by Crippen LogP contribution is 1.88. The van der Waals surface area contributed by atoms with Gasteiger partial charge in [-0.25, -0.2) is 0 Å². The fourth-order valence-electron chi connectivity index (χ4n) is 0.707. The van der Waals surface area contributed by atoms with Crippen LogP contribution in [0.1, 0.15) is 149 Å². The SMILES string of the molecule is C=C.CC.CC.CC.CC.CC.CC.CCCCC.CCCCC. The molecule has 0 heterocycles. The van der Waals surface area contributed by atoms with Gasteiger partial charge in [0.2, 0.25) is 0 Å². The summed E-state index contributed by atoms with van der Waals surface area (Å²) in [5.41, 5.74) is 0. The second-order valence-corrected chi connectivity index (χ2v) is 2.71. The number of hydrogen-bond acceptors (Lipinski definition) is 0. The third-order valence-corrected chi connectivity index (χ3v) is 1.41. The van der Waals surface area contributed by atoms with Crippen LogP contribution in [0.3, 0.4) is 0 Å². The molecule has 0 aliphatic heterocycles. The maximum Gasteiger partial charge on any atom is -0.0538 e. The van der Waals surface area contributed by atoms with Crippen LogP contribution < -0.4 is 0 Å². The van der Waals surface area contributed by atoms with Gasteiger partial charge >= 0.3 is 0 Å². The van der Waals surface area contributed by atoms with E-state index < -0.39 is 0 Å². The Morgan fingerprint density at radius 1 is 0.333 bits per heavy atom. The average Bonchev–Trinajstić information content (AvgIpc) is 2.74. The molecule has 0 fully saturated rings. The topological polar surface area (TPSA) is 0 Å². The van der Waals surface area contributed by atoms with Crippen molar-refractivity contribution in [1.29, 1.82) is 0 Å². The number of hydrogen-bond donors (Lipinski definition) is 0. The molecule has 0 amide bonds. The smallest absolute Gasteiger partial charge is 0.0538 e. The van der Waals surface area contributed by atoms with E-state index in [1.807, 2.05) is 83.1 Å². The molecule has 0 bridgehead atoms. The fraction of sp³-hybridized carbons (Fsp3) is 0.917. The van der Waals surface area contributed by atoms with Crippen molar-refractivity contribution in [3.63, 3.8) is 0 Å². The van der Waals surface area contributed by atoms with Crippen LogP contribution in [0, 0.1) is 0 Å². The van der Waals surface area contributed by atoms with Gasteiger partial charge in [0.1, 0.15) is 0 Å². The van der Waals surface area contributed by atoms with Gasteiger partial charge in [0.15, 0.2) is 0 Å². The van der Waals surface area contributed by atoms with Crippen LogP contribution in [0.5, 0.6) is 0 Å². The second-order valence-electron chi connectivity index (χ2n) is 2.71. The van der Waals surface area contributed by atoms with Gasteiger partial charge in [0.05, 0.1) is 0 Å². The summed E-state index contributed by atoms with van der Waals surface area (Å²) in [7, 11) is 0. The second kappa shape index (κ2) is 326. The highest BCUT2D eigenvalue weighted by molar-refractivity contribution is 4.24. The van der Waals surface area contributed by atoms with Gasteiger partial charge in [0, 0.05) is 0 Å². The van der Waals surface area contributed by atoms with E-state index >= 15 is 0 Å². The summed E-state index contributed by atoms with van der Waals surface area (Å²) in [6.45, 7) is 38.8. The standard InChI is InChI=1S/2C5H12.6C2H6.C2H4/c2*1-3-5-4-2;7*1-2/h2*3-5H2,1-2H3;6*1-2H3;1-2H2. The zero-order chi connectivity index (χ0) is 22.2. The van der Waals surface area contributed by atoms with Crippen LogP contribution in [0.15, 0.2) is 13.2 Å². The summed E-state index contributed by atoms with van der Waals surface area (Å²) in [6, 6.07) is 0. The van der Waals surface area contributed by atoms with Crippen LogP contribution in [0.4, 0.5) is 0 Å². The normalized spacial score (nSPS) is 5.17. The van der Waals surface area contributed by atoms with E-state index in [0.717, 1.165) is 0 Å². The minimum atomic E-state index is 1.34. The first kappa shape index (κ1) is 56.5. The largest absolute Gasteiger partial charge is 0.106 e. The zero-order valence-electron chi connectivity index (χ0n) is 21.7. The van der Waals surface area contributed by atoms with Gasteiger partial charge in [-0.05, 0) is 0 Å². The molecule has 0 radical (unpaired) electrons.